The summed E-state index contributed by atoms with van der Waals surface area (Å²) in [6, 6.07) is 10.3. The van der Waals surface area contributed by atoms with E-state index in [1.807, 2.05) is 24.3 Å². The Morgan fingerprint density at radius 1 is 1.07 bits per heavy atom. The van der Waals surface area contributed by atoms with Crippen LogP contribution in [-0.2, 0) is 6.42 Å². The average molecular weight is 361 g/mol. The molecule has 0 radical (unpaired) electrons. The maximum absolute atomic E-state index is 4.83. The van der Waals surface area contributed by atoms with Crippen LogP contribution in [0.15, 0.2) is 48.9 Å². The topological polar surface area (TPSA) is 79.7 Å². The van der Waals surface area contributed by atoms with Crippen LogP contribution in [0.4, 0.5) is 11.6 Å². The molecular formula is C20H23N7. The molecule has 0 spiro atoms. The van der Waals surface area contributed by atoms with Crippen molar-refractivity contribution >= 4 is 11.6 Å². The standard InChI is InChI=1S/C20H23N7/c1-2-16-14-19(25-20(24-16)15-5-10-21-11-6-15)27-12-7-17(8-13-27)23-18-4-3-9-22-26-18/h3-6,9-11,14,17H,2,7-8,12-13H2,1H3,(H,23,26). The highest BCUT2D eigenvalue weighted by atomic mass is 15.2. The fourth-order valence-electron chi connectivity index (χ4n) is 3.30. The third kappa shape index (κ3) is 4.19. The summed E-state index contributed by atoms with van der Waals surface area (Å²) in [6.45, 7) is 4.03. The monoisotopic (exact) mass is 361 g/mol. The molecular weight excluding hydrogens is 338 g/mol. The van der Waals surface area contributed by atoms with Crippen LogP contribution in [-0.4, -0.2) is 44.3 Å². The summed E-state index contributed by atoms with van der Waals surface area (Å²) < 4.78 is 0. The van der Waals surface area contributed by atoms with Crippen molar-refractivity contribution in [2.24, 2.45) is 0 Å². The van der Waals surface area contributed by atoms with Gasteiger partial charge in [0.05, 0.1) is 0 Å². The lowest BCUT2D eigenvalue weighted by atomic mass is 10.0. The molecule has 27 heavy (non-hydrogen) atoms. The Morgan fingerprint density at radius 2 is 1.89 bits per heavy atom. The molecule has 0 bridgehead atoms. The highest BCUT2D eigenvalue weighted by molar-refractivity contribution is 5.57. The zero-order valence-corrected chi connectivity index (χ0v) is 15.4. The molecule has 0 saturated carbocycles. The Balaban J connectivity index is 1.48. The van der Waals surface area contributed by atoms with E-state index in [9.17, 15) is 0 Å². The summed E-state index contributed by atoms with van der Waals surface area (Å²) in [7, 11) is 0. The lowest BCUT2D eigenvalue weighted by molar-refractivity contribution is 0.521. The van der Waals surface area contributed by atoms with Crippen molar-refractivity contribution in [3.63, 3.8) is 0 Å². The second-order valence-corrected chi connectivity index (χ2v) is 6.65. The van der Waals surface area contributed by atoms with E-state index in [2.05, 4.69) is 38.4 Å². The predicted molar refractivity (Wildman–Crippen MR) is 106 cm³/mol. The van der Waals surface area contributed by atoms with Crippen LogP contribution < -0.4 is 10.2 Å². The second-order valence-electron chi connectivity index (χ2n) is 6.65. The first-order valence-electron chi connectivity index (χ1n) is 9.39. The Labute approximate surface area is 158 Å². The van der Waals surface area contributed by atoms with Crippen molar-refractivity contribution in [2.45, 2.75) is 32.2 Å². The van der Waals surface area contributed by atoms with Gasteiger partial charge in [-0.15, -0.1) is 5.10 Å². The summed E-state index contributed by atoms with van der Waals surface area (Å²) >= 11 is 0. The average Bonchev–Trinajstić information content (AvgIpc) is 2.75. The zero-order chi connectivity index (χ0) is 18.5. The Hall–Kier alpha value is -3.09. The van der Waals surface area contributed by atoms with Gasteiger partial charge in [0.15, 0.2) is 5.82 Å². The molecule has 138 valence electrons. The highest BCUT2D eigenvalue weighted by Crippen LogP contribution is 2.24. The van der Waals surface area contributed by atoms with Crippen LogP contribution in [0.5, 0.6) is 0 Å². The number of aromatic nitrogens is 5. The summed E-state index contributed by atoms with van der Waals surface area (Å²) in [5, 5.41) is 11.5. The molecule has 3 aromatic rings. The van der Waals surface area contributed by atoms with Crippen LogP contribution in [0.1, 0.15) is 25.5 Å². The molecule has 7 heteroatoms. The lowest BCUT2D eigenvalue weighted by Crippen LogP contribution is -2.39. The van der Waals surface area contributed by atoms with E-state index < -0.39 is 0 Å². The lowest BCUT2D eigenvalue weighted by Gasteiger charge is -2.33. The number of nitrogens with zero attached hydrogens (tertiary/aromatic N) is 6. The van der Waals surface area contributed by atoms with Gasteiger partial charge in [0.2, 0.25) is 0 Å². The molecule has 0 unspecified atom stereocenters. The summed E-state index contributed by atoms with van der Waals surface area (Å²) in [6.07, 6.45) is 8.20. The number of pyridine rings is 1. The van der Waals surface area contributed by atoms with Crippen LogP contribution in [0.25, 0.3) is 11.4 Å². The molecule has 1 aliphatic heterocycles. The van der Waals surface area contributed by atoms with Crippen LogP contribution in [0.3, 0.4) is 0 Å². The van der Waals surface area contributed by atoms with Crippen LogP contribution in [0, 0.1) is 0 Å². The molecule has 0 aromatic carbocycles. The molecule has 1 fully saturated rings. The molecule has 0 amide bonds. The van der Waals surface area contributed by atoms with E-state index in [-0.39, 0.29) is 0 Å². The first-order chi connectivity index (χ1) is 13.3. The van der Waals surface area contributed by atoms with Gasteiger partial charge >= 0.3 is 0 Å². The molecule has 3 aromatic heterocycles. The molecule has 1 N–H and O–H groups in total. The van der Waals surface area contributed by atoms with E-state index in [0.29, 0.717) is 6.04 Å². The molecule has 7 nitrogen and oxygen atoms in total. The number of hydrogen-bond donors (Lipinski definition) is 1. The van der Waals surface area contributed by atoms with Gasteiger partial charge < -0.3 is 10.2 Å². The number of aryl methyl sites for hydroxylation is 1. The first-order valence-corrected chi connectivity index (χ1v) is 9.39. The molecule has 4 rings (SSSR count). The van der Waals surface area contributed by atoms with E-state index in [1.165, 1.54) is 0 Å². The van der Waals surface area contributed by atoms with Crippen molar-refractivity contribution < 1.29 is 0 Å². The third-order valence-corrected chi connectivity index (χ3v) is 4.81. The maximum atomic E-state index is 4.83. The minimum atomic E-state index is 0.408. The van der Waals surface area contributed by atoms with E-state index in [4.69, 9.17) is 9.97 Å². The molecule has 4 heterocycles. The Kier molecular flexibility index (Phi) is 5.18. The molecule has 1 saturated heterocycles. The molecule has 0 atom stereocenters. The number of hydrogen-bond acceptors (Lipinski definition) is 7. The van der Waals surface area contributed by atoms with E-state index in [0.717, 1.165) is 61.1 Å². The fourth-order valence-corrected chi connectivity index (χ4v) is 3.30. The number of piperidine rings is 1. The van der Waals surface area contributed by atoms with E-state index in [1.54, 1.807) is 18.6 Å². The number of anilines is 2. The van der Waals surface area contributed by atoms with Gasteiger partial charge in [0.25, 0.3) is 0 Å². The smallest absolute Gasteiger partial charge is 0.161 e. The van der Waals surface area contributed by atoms with E-state index >= 15 is 0 Å². The van der Waals surface area contributed by atoms with Gasteiger partial charge in [0, 0.05) is 55.0 Å². The second kappa shape index (κ2) is 8.07. The minimum absolute atomic E-state index is 0.408. The van der Waals surface area contributed by atoms with Gasteiger partial charge in [-0.1, -0.05) is 6.92 Å². The number of rotatable bonds is 5. The van der Waals surface area contributed by atoms with Crippen molar-refractivity contribution in [3.8, 4) is 11.4 Å². The molecule has 1 aliphatic rings. The summed E-state index contributed by atoms with van der Waals surface area (Å²) in [5.41, 5.74) is 2.06. The fraction of sp³-hybridized carbons (Fsp3) is 0.350. The first kappa shape index (κ1) is 17.3. The van der Waals surface area contributed by atoms with Crippen molar-refractivity contribution in [2.75, 3.05) is 23.3 Å². The van der Waals surface area contributed by atoms with Crippen LogP contribution in [0.2, 0.25) is 0 Å². The predicted octanol–water partition coefficient (Wildman–Crippen LogP) is 2.97. The minimum Gasteiger partial charge on any atom is -0.366 e. The quantitative estimate of drug-likeness (QED) is 0.748. The molecule has 0 aliphatic carbocycles. The van der Waals surface area contributed by atoms with Gasteiger partial charge in [-0.05, 0) is 43.5 Å². The normalized spacial score (nSPS) is 14.9. The van der Waals surface area contributed by atoms with Gasteiger partial charge in [-0.25, -0.2) is 9.97 Å². The van der Waals surface area contributed by atoms with Crippen molar-refractivity contribution in [3.05, 3.63) is 54.6 Å². The zero-order valence-electron chi connectivity index (χ0n) is 15.4. The third-order valence-electron chi connectivity index (χ3n) is 4.81. The Morgan fingerprint density at radius 3 is 2.59 bits per heavy atom. The number of nitrogens with one attached hydrogen (secondary N) is 1. The van der Waals surface area contributed by atoms with Gasteiger partial charge in [-0.2, -0.15) is 5.10 Å². The van der Waals surface area contributed by atoms with Crippen molar-refractivity contribution in [1.82, 2.24) is 25.1 Å². The SMILES string of the molecule is CCc1cc(N2CCC(Nc3cccnn3)CC2)nc(-c2ccncc2)n1. The summed E-state index contributed by atoms with van der Waals surface area (Å²) in [5.74, 6) is 2.62. The highest BCUT2D eigenvalue weighted by Gasteiger charge is 2.21. The Bertz CT molecular complexity index is 862. The van der Waals surface area contributed by atoms with Crippen molar-refractivity contribution in [1.29, 1.82) is 0 Å². The van der Waals surface area contributed by atoms with Crippen LogP contribution >= 0.6 is 0 Å². The largest absolute Gasteiger partial charge is 0.366 e. The maximum Gasteiger partial charge on any atom is 0.161 e. The van der Waals surface area contributed by atoms with Gasteiger partial charge in [0.1, 0.15) is 11.6 Å². The van der Waals surface area contributed by atoms with Gasteiger partial charge in [-0.3, -0.25) is 4.98 Å². The summed E-state index contributed by atoms with van der Waals surface area (Å²) in [4.78, 5) is 16.0.